The molecule has 0 aliphatic carbocycles. The van der Waals surface area contributed by atoms with Crippen molar-refractivity contribution >= 4 is 29.9 Å². The normalized spacial score (nSPS) is 12.3. The van der Waals surface area contributed by atoms with Gasteiger partial charge >= 0.3 is 0 Å². The summed E-state index contributed by atoms with van der Waals surface area (Å²) in [5.41, 5.74) is 1.24. The van der Waals surface area contributed by atoms with Crippen LogP contribution in [0.1, 0.15) is 25.8 Å². The van der Waals surface area contributed by atoms with E-state index in [0.717, 1.165) is 31.2 Å². The molecular weight excluding hydrogens is 365 g/mol. The number of ether oxygens (including phenoxy) is 1. The van der Waals surface area contributed by atoms with Crippen molar-refractivity contribution < 1.29 is 4.74 Å². The van der Waals surface area contributed by atoms with Crippen LogP contribution < -0.4 is 15.4 Å². The molecule has 20 heavy (non-hydrogen) atoms. The molecule has 0 heterocycles. The van der Waals surface area contributed by atoms with Crippen molar-refractivity contribution in [2.24, 2.45) is 4.99 Å². The van der Waals surface area contributed by atoms with Gasteiger partial charge in [-0.1, -0.05) is 24.6 Å². The van der Waals surface area contributed by atoms with E-state index in [0.29, 0.717) is 0 Å². The number of hydrogen-bond acceptors (Lipinski definition) is 2. The van der Waals surface area contributed by atoms with Crippen molar-refractivity contribution in [3.8, 4) is 5.75 Å². The zero-order valence-electron chi connectivity index (χ0n) is 12.8. The van der Waals surface area contributed by atoms with E-state index in [9.17, 15) is 0 Å². The van der Waals surface area contributed by atoms with E-state index < -0.39 is 0 Å². The molecule has 0 amide bonds. The van der Waals surface area contributed by atoms with Gasteiger partial charge in [-0.25, -0.2) is 0 Å². The summed E-state index contributed by atoms with van der Waals surface area (Å²) in [6.45, 7) is 7.88. The number of aryl methyl sites for hydroxylation is 1. The first kappa shape index (κ1) is 19.0. The Morgan fingerprint density at radius 2 is 1.90 bits per heavy atom. The molecule has 0 fully saturated rings. The molecule has 0 aliphatic rings. The Morgan fingerprint density at radius 1 is 1.25 bits per heavy atom. The highest BCUT2D eigenvalue weighted by molar-refractivity contribution is 14.0. The van der Waals surface area contributed by atoms with Crippen LogP contribution in [-0.4, -0.2) is 32.2 Å². The summed E-state index contributed by atoms with van der Waals surface area (Å²) in [5, 5.41) is 6.48. The highest BCUT2D eigenvalue weighted by Gasteiger charge is 2.05. The zero-order chi connectivity index (χ0) is 14.1. The first-order chi connectivity index (χ1) is 9.15. The smallest absolute Gasteiger partial charge is 0.191 e. The highest BCUT2D eigenvalue weighted by Crippen LogP contribution is 2.12. The van der Waals surface area contributed by atoms with Crippen molar-refractivity contribution in [1.82, 2.24) is 10.6 Å². The lowest BCUT2D eigenvalue weighted by Gasteiger charge is -2.17. The van der Waals surface area contributed by atoms with E-state index in [1.165, 1.54) is 5.56 Å². The van der Waals surface area contributed by atoms with Gasteiger partial charge in [0.1, 0.15) is 11.9 Å². The van der Waals surface area contributed by atoms with Crippen LogP contribution in [0.3, 0.4) is 0 Å². The summed E-state index contributed by atoms with van der Waals surface area (Å²) < 4.78 is 5.82. The summed E-state index contributed by atoms with van der Waals surface area (Å²) in [6.07, 6.45) is 1.17. The molecular formula is C15H26IN3O. The van der Waals surface area contributed by atoms with Crippen LogP contribution in [0, 0.1) is 6.92 Å². The molecule has 0 radical (unpaired) electrons. The van der Waals surface area contributed by atoms with E-state index in [2.05, 4.69) is 41.6 Å². The van der Waals surface area contributed by atoms with Crippen molar-refractivity contribution in [1.29, 1.82) is 0 Å². The predicted molar refractivity (Wildman–Crippen MR) is 96.3 cm³/mol. The molecule has 2 N–H and O–H groups in total. The van der Waals surface area contributed by atoms with Crippen molar-refractivity contribution in [3.05, 3.63) is 29.8 Å². The molecule has 1 rings (SSSR count). The van der Waals surface area contributed by atoms with Gasteiger partial charge in [-0.15, -0.1) is 24.0 Å². The summed E-state index contributed by atoms with van der Waals surface area (Å²) in [4.78, 5) is 4.16. The van der Waals surface area contributed by atoms with Gasteiger partial charge in [0.05, 0.1) is 6.54 Å². The lowest BCUT2D eigenvalue weighted by Crippen LogP contribution is -2.42. The molecule has 5 heteroatoms. The van der Waals surface area contributed by atoms with Gasteiger partial charge in [-0.05, 0) is 32.4 Å². The number of nitrogens with zero attached hydrogens (tertiary/aromatic N) is 1. The van der Waals surface area contributed by atoms with Crippen molar-refractivity contribution in [3.63, 3.8) is 0 Å². The maximum atomic E-state index is 5.82. The molecule has 0 spiro atoms. The Bertz CT molecular complexity index is 393. The van der Waals surface area contributed by atoms with Crippen LogP contribution in [0.15, 0.2) is 29.3 Å². The molecule has 1 atom stereocenters. The third-order valence-corrected chi connectivity index (χ3v) is 2.68. The third-order valence-electron chi connectivity index (χ3n) is 2.68. The molecule has 114 valence electrons. The van der Waals surface area contributed by atoms with Crippen LogP contribution in [0.5, 0.6) is 5.75 Å². The van der Waals surface area contributed by atoms with Gasteiger partial charge in [-0.3, -0.25) is 4.99 Å². The molecule has 1 aromatic rings. The molecule has 1 aromatic carbocycles. The minimum Gasteiger partial charge on any atom is -0.489 e. The van der Waals surface area contributed by atoms with E-state index in [1.807, 2.05) is 19.1 Å². The number of nitrogens with one attached hydrogen (secondary N) is 2. The Balaban J connectivity index is 0.00000361. The second-order valence-electron chi connectivity index (χ2n) is 4.62. The highest BCUT2D eigenvalue weighted by atomic mass is 127. The fourth-order valence-electron chi connectivity index (χ4n) is 1.60. The van der Waals surface area contributed by atoms with Gasteiger partial charge in [0.25, 0.3) is 0 Å². The minimum atomic E-state index is 0. The quantitative estimate of drug-likeness (QED) is 0.445. The van der Waals surface area contributed by atoms with E-state index >= 15 is 0 Å². The number of hydrogen-bond donors (Lipinski definition) is 2. The summed E-state index contributed by atoms with van der Waals surface area (Å²) in [5.74, 6) is 1.72. The number of halogens is 1. The third kappa shape index (κ3) is 7.57. The maximum Gasteiger partial charge on any atom is 0.191 e. The van der Waals surface area contributed by atoms with Crippen LogP contribution in [0.2, 0.25) is 0 Å². The lowest BCUT2D eigenvalue weighted by molar-refractivity contribution is 0.224. The van der Waals surface area contributed by atoms with Gasteiger partial charge in [-0.2, -0.15) is 0 Å². The predicted octanol–water partition coefficient (Wildman–Crippen LogP) is 2.96. The molecule has 4 nitrogen and oxygen atoms in total. The first-order valence-corrected chi connectivity index (χ1v) is 6.83. The Hall–Kier alpha value is -0.980. The molecule has 0 saturated heterocycles. The van der Waals surface area contributed by atoms with Crippen molar-refractivity contribution in [2.75, 3.05) is 20.1 Å². The second kappa shape index (κ2) is 10.8. The van der Waals surface area contributed by atoms with Crippen LogP contribution in [-0.2, 0) is 0 Å². The average Bonchev–Trinajstić information content (AvgIpc) is 2.42. The molecule has 0 aliphatic heterocycles. The molecule has 1 unspecified atom stereocenters. The van der Waals surface area contributed by atoms with Crippen molar-refractivity contribution in [2.45, 2.75) is 33.3 Å². The Kier molecular flexibility index (Phi) is 10.2. The number of aliphatic imine (C=N–C) groups is 1. The summed E-state index contributed by atoms with van der Waals surface area (Å²) in [7, 11) is 1.77. The fraction of sp³-hybridized carbons (Fsp3) is 0.533. The molecule has 0 bridgehead atoms. The van der Waals surface area contributed by atoms with Gasteiger partial charge in [0, 0.05) is 13.6 Å². The molecule has 0 aromatic heterocycles. The standard InChI is InChI=1S/C15H25N3O.HI/c1-5-10-17-15(16-4)18-11-13(3)19-14-8-6-12(2)7-9-14;/h6-9,13H,5,10-11H2,1-4H3,(H2,16,17,18);1H. The monoisotopic (exact) mass is 391 g/mol. The van der Waals surface area contributed by atoms with E-state index in [-0.39, 0.29) is 30.1 Å². The Morgan fingerprint density at radius 3 is 2.45 bits per heavy atom. The number of benzene rings is 1. The number of guanidine groups is 1. The van der Waals surface area contributed by atoms with E-state index in [4.69, 9.17) is 4.74 Å². The van der Waals surface area contributed by atoms with Crippen LogP contribution in [0.25, 0.3) is 0 Å². The largest absolute Gasteiger partial charge is 0.489 e. The zero-order valence-corrected chi connectivity index (χ0v) is 15.1. The average molecular weight is 391 g/mol. The SMILES string of the molecule is CCCNC(=NC)NCC(C)Oc1ccc(C)cc1.I. The van der Waals surface area contributed by atoms with E-state index in [1.54, 1.807) is 7.05 Å². The van der Waals surface area contributed by atoms with Gasteiger partial charge in [0.2, 0.25) is 0 Å². The fourth-order valence-corrected chi connectivity index (χ4v) is 1.60. The number of rotatable bonds is 6. The maximum absolute atomic E-state index is 5.82. The second-order valence-corrected chi connectivity index (χ2v) is 4.62. The van der Waals surface area contributed by atoms with Crippen LogP contribution in [0.4, 0.5) is 0 Å². The first-order valence-electron chi connectivity index (χ1n) is 6.83. The minimum absolute atomic E-state index is 0. The lowest BCUT2D eigenvalue weighted by atomic mass is 10.2. The molecule has 0 saturated carbocycles. The van der Waals surface area contributed by atoms with Gasteiger partial charge < -0.3 is 15.4 Å². The van der Waals surface area contributed by atoms with Crippen LogP contribution >= 0.6 is 24.0 Å². The summed E-state index contributed by atoms with van der Waals surface area (Å²) >= 11 is 0. The summed E-state index contributed by atoms with van der Waals surface area (Å²) in [6, 6.07) is 8.10. The topological polar surface area (TPSA) is 45.7 Å². The van der Waals surface area contributed by atoms with Gasteiger partial charge in [0.15, 0.2) is 5.96 Å². The Labute approximate surface area is 139 Å².